The quantitative estimate of drug-likeness (QED) is 0.231. The molecule has 0 saturated carbocycles. The van der Waals surface area contributed by atoms with Crippen molar-refractivity contribution in [2.45, 2.75) is 0 Å². The van der Waals surface area contributed by atoms with Gasteiger partial charge in [-0.15, -0.1) is 0 Å². The van der Waals surface area contributed by atoms with E-state index in [0.29, 0.717) is 29.7 Å². The molecule has 3 aromatic carbocycles. The van der Waals surface area contributed by atoms with E-state index in [1.165, 1.54) is 24.3 Å². The fourth-order valence-electron chi connectivity index (χ4n) is 4.45. The first-order valence-corrected chi connectivity index (χ1v) is 11.1. The van der Waals surface area contributed by atoms with E-state index in [9.17, 15) is 24.5 Å². The van der Waals surface area contributed by atoms with Gasteiger partial charge in [-0.2, -0.15) is 0 Å². The summed E-state index contributed by atoms with van der Waals surface area (Å²) in [6.07, 6.45) is 0. The first-order valence-electron chi connectivity index (χ1n) is 11.1. The highest BCUT2D eigenvalue weighted by Gasteiger charge is 2.34. The van der Waals surface area contributed by atoms with Crippen molar-refractivity contribution in [2.24, 2.45) is 0 Å². The summed E-state index contributed by atoms with van der Waals surface area (Å²) >= 11 is 0. The third-order valence-corrected chi connectivity index (χ3v) is 6.18. The summed E-state index contributed by atoms with van der Waals surface area (Å²) in [5.74, 6) is -1.59. The lowest BCUT2D eigenvalue weighted by Crippen LogP contribution is -2.42. The zero-order valence-corrected chi connectivity index (χ0v) is 18.6. The third-order valence-electron chi connectivity index (χ3n) is 6.18. The van der Waals surface area contributed by atoms with Crippen LogP contribution in [0.3, 0.4) is 0 Å². The molecule has 1 saturated heterocycles. The van der Waals surface area contributed by atoms with Gasteiger partial charge in [0.25, 0.3) is 17.5 Å². The number of nitro benzene ring substituents is 1. The first kappa shape index (κ1) is 22.5. The smallest absolute Gasteiger partial charge is 0.338 e. The van der Waals surface area contributed by atoms with Gasteiger partial charge >= 0.3 is 5.97 Å². The molecule has 0 spiro atoms. The van der Waals surface area contributed by atoms with Crippen LogP contribution in [0.2, 0.25) is 0 Å². The number of morpholine rings is 1. The highest BCUT2D eigenvalue weighted by Crippen LogP contribution is 2.36. The number of carbonyl (C=O) groups is 3. The second-order valence-corrected chi connectivity index (χ2v) is 8.16. The van der Waals surface area contributed by atoms with Crippen LogP contribution in [0.1, 0.15) is 31.1 Å². The molecule has 10 heteroatoms. The lowest BCUT2D eigenvalue weighted by Gasteiger charge is -2.32. The zero-order valence-electron chi connectivity index (χ0n) is 18.6. The maximum Gasteiger partial charge on any atom is 0.338 e. The van der Waals surface area contributed by atoms with E-state index in [1.54, 1.807) is 18.2 Å². The molecule has 0 unspecified atom stereocenters. The van der Waals surface area contributed by atoms with E-state index in [-0.39, 0.29) is 24.4 Å². The van der Waals surface area contributed by atoms with Crippen molar-refractivity contribution in [3.05, 3.63) is 81.4 Å². The number of nitrogens with zero attached hydrogens (tertiary/aromatic N) is 3. The van der Waals surface area contributed by atoms with Crippen molar-refractivity contribution in [2.75, 3.05) is 44.4 Å². The van der Waals surface area contributed by atoms with Crippen LogP contribution in [-0.2, 0) is 9.47 Å². The molecule has 0 aliphatic carbocycles. The van der Waals surface area contributed by atoms with Crippen LogP contribution in [0.4, 0.5) is 11.4 Å². The predicted octanol–water partition coefficient (Wildman–Crippen LogP) is 3.04. The summed E-state index contributed by atoms with van der Waals surface area (Å²) in [5.41, 5.74) is 1.80. The number of non-ortho nitro benzene ring substituents is 1. The molecule has 2 amide bonds. The summed E-state index contributed by atoms with van der Waals surface area (Å²) in [5, 5.41) is 12.2. The zero-order chi connectivity index (χ0) is 24.5. The molecular formula is C25H21N3O7. The van der Waals surface area contributed by atoms with Gasteiger partial charge in [-0.1, -0.05) is 12.1 Å². The van der Waals surface area contributed by atoms with E-state index in [0.717, 1.165) is 29.1 Å². The van der Waals surface area contributed by atoms with Crippen LogP contribution >= 0.6 is 0 Å². The minimum atomic E-state index is -0.700. The van der Waals surface area contributed by atoms with Crippen LogP contribution in [0.5, 0.6) is 0 Å². The highest BCUT2D eigenvalue weighted by atomic mass is 16.6. The number of hydrogen-bond acceptors (Lipinski definition) is 8. The van der Waals surface area contributed by atoms with E-state index < -0.39 is 22.7 Å². The van der Waals surface area contributed by atoms with Crippen LogP contribution in [0, 0.1) is 10.1 Å². The fraction of sp³-hybridized carbons (Fsp3) is 0.240. The van der Waals surface area contributed by atoms with Gasteiger partial charge in [0, 0.05) is 52.8 Å². The number of rotatable bonds is 6. The molecule has 2 aliphatic rings. The average molecular weight is 475 g/mol. The molecule has 2 heterocycles. The average Bonchev–Trinajstić information content (AvgIpc) is 2.89. The number of anilines is 1. The maximum atomic E-state index is 13.2. The van der Waals surface area contributed by atoms with E-state index in [4.69, 9.17) is 9.47 Å². The Balaban J connectivity index is 1.33. The summed E-state index contributed by atoms with van der Waals surface area (Å²) in [4.78, 5) is 52.2. The Morgan fingerprint density at radius 3 is 2.34 bits per heavy atom. The number of carbonyl (C=O) groups excluding carboxylic acids is 3. The predicted molar refractivity (Wildman–Crippen MR) is 126 cm³/mol. The van der Waals surface area contributed by atoms with Gasteiger partial charge in [-0.05, 0) is 30.3 Å². The number of esters is 1. The number of imide groups is 1. The largest absolute Gasteiger partial charge is 0.460 e. The second-order valence-electron chi connectivity index (χ2n) is 8.16. The minimum Gasteiger partial charge on any atom is -0.460 e. The number of amides is 2. The Morgan fingerprint density at radius 1 is 0.971 bits per heavy atom. The van der Waals surface area contributed by atoms with Gasteiger partial charge in [0.05, 0.1) is 30.2 Å². The lowest BCUT2D eigenvalue weighted by molar-refractivity contribution is -0.384. The van der Waals surface area contributed by atoms with Gasteiger partial charge in [-0.3, -0.25) is 24.6 Å². The van der Waals surface area contributed by atoms with Gasteiger partial charge in [-0.25, -0.2) is 4.79 Å². The molecule has 0 atom stereocenters. The molecule has 3 aromatic rings. The Hall–Kier alpha value is -4.31. The van der Waals surface area contributed by atoms with Gasteiger partial charge in [0.15, 0.2) is 0 Å². The monoisotopic (exact) mass is 475 g/mol. The highest BCUT2D eigenvalue weighted by molar-refractivity contribution is 6.26. The van der Waals surface area contributed by atoms with Gasteiger partial charge in [0.1, 0.15) is 6.61 Å². The number of benzene rings is 3. The van der Waals surface area contributed by atoms with Gasteiger partial charge < -0.3 is 14.4 Å². The standard InChI is InChI=1S/C25H21N3O7/c29-23-19-3-1-2-18-21(26-10-13-34-14-11-26)9-8-20(22(18)19)24(30)27(23)12-15-35-25(31)16-4-6-17(7-5-16)28(32)33/h1-9H,10-15H2. The first-order chi connectivity index (χ1) is 17.0. The molecule has 5 rings (SSSR count). The van der Waals surface area contributed by atoms with Crippen LogP contribution in [0.15, 0.2) is 54.6 Å². The molecule has 35 heavy (non-hydrogen) atoms. The molecule has 1 fully saturated rings. The van der Waals surface area contributed by atoms with Crippen LogP contribution < -0.4 is 4.90 Å². The minimum absolute atomic E-state index is 0.114. The van der Waals surface area contributed by atoms with E-state index in [1.807, 2.05) is 12.1 Å². The Morgan fingerprint density at radius 2 is 1.66 bits per heavy atom. The Labute approximate surface area is 199 Å². The lowest BCUT2D eigenvalue weighted by atomic mass is 9.92. The van der Waals surface area contributed by atoms with Crippen molar-refractivity contribution in [3.8, 4) is 0 Å². The van der Waals surface area contributed by atoms with Crippen molar-refractivity contribution >= 4 is 39.9 Å². The van der Waals surface area contributed by atoms with E-state index in [2.05, 4.69) is 4.90 Å². The normalized spacial score (nSPS) is 15.4. The molecule has 2 aliphatic heterocycles. The number of hydrogen-bond donors (Lipinski definition) is 0. The maximum absolute atomic E-state index is 13.2. The Kier molecular flexibility index (Phi) is 5.87. The molecule has 178 valence electrons. The second kappa shape index (κ2) is 9.15. The molecular weight excluding hydrogens is 454 g/mol. The van der Waals surface area contributed by atoms with Crippen molar-refractivity contribution in [3.63, 3.8) is 0 Å². The molecule has 10 nitrogen and oxygen atoms in total. The molecule has 0 aromatic heterocycles. The van der Waals surface area contributed by atoms with Crippen molar-refractivity contribution in [1.82, 2.24) is 4.90 Å². The van der Waals surface area contributed by atoms with Crippen molar-refractivity contribution < 1.29 is 28.8 Å². The van der Waals surface area contributed by atoms with Crippen LogP contribution in [-0.4, -0.2) is 67.1 Å². The molecule has 0 N–H and O–H groups in total. The fourth-order valence-corrected chi connectivity index (χ4v) is 4.45. The summed E-state index contributed by atoms with van der Waals surface area (Å²) < 4.78 is 10.7. The SMILES string of the molecule is O=C(OCCN1C(=O)c2cccc3c(N4CCOCC4)ccc(c23)C1=O)c1ccc([N+](=O)[O-])cc1. The van der Waals surface area contributed by atoms with Gasteiger partial charge in [0.2, 0.25) is 0 Å². The summed E-state index contributed by atoms with van der Waals surface area (Å²) in [6.45, 7) is 2.38. The van der Waals surface area contributed by atoms with Crippen molar-refractivity contribution in [1.29, 1.82) is 0 Å². The van der Waals surface area contributed by atoms with E-state index >= 15 is 0 Å². The summed E-state index contributed by atoms with van der Waals surface area (Å²) in [6, 6.07) is 14.0. The molecule has 0 bridgehead atoms. The summed E-state index contributed by atoms with van der Waals surface area (Å²) in [7, 11) is 0. The van der Waals surface area contributed by atoms with Crippen LogP contribution in [0.25, 0.3) is 10.8 Å². The number of ether oxygens (including phenoxy) is 2. The topological polar surface area (TPSA) is 119 Å². The third kappa shape index (κ3) is 4.08. The molecule has 0 radical (unpaired) electrons. The Bertz CT molecular complexity index is 1320. The number of nitro groups is 1.